The number of hydrogen-bond donors (Lipinski definition) is 3. The number of aromatic nitrogens is 1. The zero-order valence-electron chi connectivity index (χ0n) is 11.1. The summed E-state index contributed by atoms with van der Waals surface area (Å²) in [6.07, 6.45) is 3.49. The Hall–Kier alpha value is -1.33. The SMILES string of the molecule is CCCNc1cc(NC(CCO)COC)ccn1. The standard InChI is InChI=1S/C13H23N3O2/c1-3-6-14-13-9-11(4-7-15-13)16-12(5-8-17)10-18-2/h4,7,9,12,17H,3,5-6,8,10H2,1-2H3,(H2,14,15,16). The number of aliphatic hydroxyl groups is 1. The van der Waals surface area contributed by atoms with Crippen LogP contribution < -0.4 is 10.6 Å². The van der Waals surface area contributed by atoms with Gasteiger partial charge >= 0.3 is 0 Å². The molecule has 1 heterocycles. The molecular weight excluding hydrogens is 230 g/mol. The van der Waals surface area contributed by atoms with Gasteiger partial charge in [-0.05, 0) is 18.9 Å². The van der Waals surface area contributed by atoms with Gasteiger partial charge in [0.25, 0.3) is 0 Å². The van der Waals surface area contributed by atoms with E-state index in [2.05, 4.69) is 22.5 Å². The number of aliphatic hydroxyl groups excluding tert-OH is 1. The first kappa shape index (κ1) is 14.7. The zero-order valence-corrected chi connectivity index (χ0v) is 11.1. The van der Waals surface area contributed by atoms with E-state index in [0.29, 0.717) is 13.0 Å². The van der Waals surface area contributed by atoms with Crippen molar-refractivity contribution in [2.45, 2.75) is 25.8 Å². The molecule has 0 amide bonds. The van der Waals surface area contributed by atoms with E-state index in [-0.39, 0.29) is 12.6 Å². The van der Waals surface area contributed by atoms with Crippen LogP contribution in [-0.4, -0.2) is 43.0 Å². The Balaban J connectivity index is 2.58. The predicted molar refractivity (Wildman–Crippen MR) is 74.0 cm³/mol. The Labute approximate surface area is 109 Å². The highest BCUT2D eigenvalue weighted by Crippen LogP contribution is 2.14. The Morgan fingerprint density at radius 1 is 1.50 bits per heavy atom. The predicted octanol–water partition coefficient (Wildman–Crippen LogP) is 1.71. The average molecular weight is 253 g/mol. The third-order valence-electron chi connectivity index (χ3n) is 2.53. The molecule has 0 saturated heterocycles. The number of ether oxygens (including phenoxy) is 1. The summed E-state index contributed by atoms with van der Waals surface area (Å²) in [5, 5.41) is 15.6. The van der Waals surface area contributed by atoms with Crippen molar-refractivity contribution in [2.75, 3.05) is 37.5 Å². The van der Waals surface area contributed by atoms with Gasteiger partial charge in [0, 0.05) is 38.2 Å². The number of rotatable bonds is 9. The summed E-state index contributed by atoms with van der Waals surface area (Å²) < 4.78 is 5.12. The fourth-order valence-corrected chi connectivity index (χ4v) is 1.66. The average Bonchev–Trinajstić information content (AvgIpc) is 2.37. The van der Waals surface area contributed by atoms with E-state index in [1.807, 2.05) is 12.1 Å². The largest absolute Gasteiger partial charge is 0.396 e. The van der Waals surface area contributed by atoms with Crippen LogP contribution in [0.25, 0.3) is 0 Å². The molecule has 0 aliphatic carbocycles. The van der Waals surface area contributed by atoms with Gasteiger partial charge in [0.2, 0.25) is 0 Å². The minimum Gasteiger partial charge on any atom is -0.396 e. The number of nitrogens with one attached hydrogen (secondary N) is 2. The lowest BCUT2D eigenvalue weighted by atomic mass is 10.2. The third-order valence-corrected chi connectivity index (χ3v) is 2.53. The number of hydrogen-bond acceptors (Lipinski definition) is 5. The van der Waals surface area contributed by atoms with Crippen molar-refractivity contribution in [1.82, 2.24) is 4.98 Å². The van der Waals surface area contributed by atoms with E-state index in [4.69, 9.17) is 9.84 Å². The second-order valence-corrected chi connectivity index (χ2v) is 4.17. The van der Waals surface area contributed by atoms with Crippen LogP contribution in [0.2, 0.25) is 0 Å². The van der Waals surface area contributed by atoms with E-state index in [0.717, 1.165) is 24.5 Å². The first-order valence-corrected chi connectivity index (χ1v) is 6.36. The fraction of sp³-hybridized carbons (Fsp3) is 0.615. The summed E-state index contributed by atoms with van der Waals surface area (Å²) >= 11 is 0. The van der Waals surface area contributed by atoms with E-state index in [1.165, 1.54) is 0 Å². The quantitative estimate of drug-likeness (QED) is 0.625. The third kappa shape index (κ3) is 5.33. The molecule has 0 aliphatic rings. The van der Waals surface area contributed by atoms with Crippen molar-refractivity contribution in [3.63, 3.8) is 0 Å². The second-order valence-electron chi connectivity index (χ2n) is 4.17. The van der Waals surface area contributed by atoms with Crippen LogP contribution in [0.5, 0.6) is 0 Å². The Morgan fingerprint density at radius 3 is 3.00 bits per heavy atom. The zero-order chi connectivity index (χ0) is 13.2. The highest BCUT2D eigenvalue weighted by atomic mass is 16.5. The fourth-order valence-electron chi connectivity index (χ4n) is 1.66. The van der Waals surface area contributed by atoms with E-state index in [1.54, 1.807) is 13.3 Å². The van der Waals surface area contributed by atoms with Crippen LogP contribution in [0.4, 0.5) is 11.5 Å². The molecule has 3 N–H and O–H groups in total. The van der Waals surface area contributed by atoms with Gasteiger partial charge < -0.3 is 20.5 Å². The Bertz CT molecular complexity index is 328. The molecule has 1 aromatic heterocycles. The van der Waals surface area contributed by atoms with Crippen molar-refractivity contribution in [3.8, 4) is 0 Å². The first-order valence-electron chi connectivity index (χ1n) is 6.36. The number of pyridine rings is 1. The van der Waals surface area contributed by atoms with Crippen molar-refractivity contribution >= 4 is 11.5 Å². The molecular formula is C13H23N3O2. The lowest BCUT2D eigenvalue weighted by molar-refractivity contribution is 0.170. The van der Waals surface area contributed by atoms with Gasteiger partial charge in [0.05, 0.1) is 12.6 Å². The van der Waals surface area contributed by atoms with E-state index in [9.17, 15) is 0 Å². The lowest BCUT2D eigenvalue weighted by Gasteiger charge is -2.18. The summed E-state index contributed by atoms with van der Waals surface area (Å²) in [6, 6.07) is 3.99. The monoisotopic (exact) mass is 253 g/mol. The number of methoxy groups -OCH3 is 1. The summed E-state index contributed by atoms with van der Waals surface area (Å²) in [5.41, 5.74) is 0.985. The smallest absolute Gasteiger partial charge is 0.127 e. The summed E-state index contributed by atoms with van der Waals surface area (Å²) in [7, 11) is 1.66. The van der Waals surface area contributed by atoms with E-state index < -0.39 is 0 Å². The molecule has 1 atom stereocenters. The number of nitrogens with zero attached hydrogens (tertiary/aromatic N) is 1. The molecule has 0 saturated carbocycles. The molecule has 0 aromatic carbocycles. The minimum atomic E-state index is 0.112. The highest BCUT2D eigenvalue weighted by Gasteiger charge is 2.07. The van der Waals surface area contributed by atoms with Crippen LogP contribution >= 0.6 is 0 Å². The van der Waals surface area contributed by atoms with Crippen molar-refractivity contribution in [1.29, 1.82) is 0 Å². The molecule has 0 spiro atoms. The lowest BCUT2D eigenvalue weighted by Crippen LogP contribution is -2.26. The van der Waals surface area contributed by atoms with Crippen molar-refractivity contribution in [2.24, 2.45) is 0 Å². The molecule has 0 bridgehead atoms. The molecule has 0 aliphatic heterocycles. The minimum absolute atomic E-state index is 0.112. The molecule has 5 heteroatoms. The summed E-state index contributed by atoms with van der Waals surface area (Å²) in [4.78, 5) is 4.24. The molecule has 1 aromatic rings. The van der Waals surface area contributed by atoms with Crippen molar-refractivity contribution in [3.05, 3.63) is 18.3 Å². The summed E-state index contributed by atoms with van der Waals surface area (Å²) in [6.45, 7) is 3.74. The van der Waals surface area contributed by atoms with Crippen LogP contribution in [0.3, 0.4) is 0 Å². The molecule has 0 radical (unpaired) electrons. The van der Waals surface area contributed by atoms with Gasteiger partial charge in [0.1, 0.15) is 5.82 Å². The van der Waals surface area contributed by atoms with Gasteiger partial charge in [-0.1, -0.05) is 6.92 Å². The maximum absolute atomic E-state index is 8.99. The number of anilines is 2. The topological polar surface area (TPSA) is 66.4 Å². The molecule has 18 heavy (non-hydrogen) atoms. The normalized spacial score (nSPS) is 12.2. The van der Waals surface area contributed by atoms with Crippen LogP contribution in [0.15, 0.2) is 18.3 Å². The van der Waals surface area contributed by atoms with Gasteiger partial charge in [0.15, 0.2) is 0 Å². The Kier molecular flexibility index (Phi) is 7.13. The summed E-state index contributed by atoms with van der Waals surface area (Å²) in [5.74, 6) is 0.863. The van der Waals surface area contributed by atoms with Crippen LogP contribution in [0.1, 0.15) is 19.8 Å². The highest BCUT2D eigenvalue weighted by molar-refractivity contribution is 5.52. The van der Waals surface area contributed by atoms with Gasteiger partial charge in [-0.25, -0.2) is 4.98 Å². The maximum Gasteiger partial charge on any atom is 0.127 e. The molecule has 1 unspecified atom stereocenters. The van der Waals surface area contributed by atoms with Gasteiger partial charge in [-0.15, -0.1) is 0 Å². The van der Waals surface area contributed by atoms with Gasteiger partial charge in [-0.3, -0.25) is 0 Å². The van der Waals surface area contributed by atoms with Crippen LogP contribution in [0, 0.1) is 0 Å². The van der Waals surface area contributed by atoms with Crippen LogP contribution in [-0.2, 0) is 4.74 Å². The molecule has 102 valence electrons. The maximum atomic E-state index is 8.99. The van der Waals surface area contributed by atoms with Gasteiger partial charge in [-0.2, -0.15) is 0 Å². The molecule has 5 nitrogen and oxygen atoms in total. The molecule has 0 fully saturated rings. The first-order chi connectivity index (χ1) is 8.80. The van der Waals surface area contributed by atoms with E-state index >= 15 is 0 Å². The Morgan fingerprint density at radius 2 is 2.33 bits per heavy atom. The second kappa shape index (κ2) is 8.72. The molecule has 1 rings (SSSR count). The van der Waals surface area contributed by atoms with Crippen molar-refractivity contribution < 1.29 is 9.84 Å².